The maximum Gasteiger partial charge on any atom is 0.402 e. The van der Waals surface area contributed by atoms with Gasteiger partial charge in [0, 0.05) is 12.4 Å². The van der Waals surface area contributed by atoms with E-state index in [2.05, 4.69) is 10.3 Å². The first-order valence-electron chi connectivity index (χ1n) is 6.36. The molecule has 0 aliphatic carbocycles. The molecule has 1 atom stereocenters. The first kappa shape index (κ1) is 17.7. The Kier molecular flexibility index (Phi) is 5.61. The molecule has 0 saturated carbocycles. The fourth-order valence-electron chi connectivity index (χ4n) is 2.07. The Morgan fingerprint density at radius 2 is 1.71 bits per heavy atom. The summed E-state index contributed by atoms with van der Waals surface area (Å²) in [5.41, 5.74) is 0.239. The largest absolute Gasteiger partial charge is 0.402 e. The second kappa shape index (κ2) is 6.64. The third kappa shape index (κ3) is 4.59. The van der Waals surface area contributed by atoms with E-state index in [0.717, 1.165) is 6.20 Å². The standard InChI is InChI=1S/C13H16F6N2/c1-3-5-21-10(9-7-20-6-4-8(9)2)11(12(14,15)16)13(17,18)19/h4,6-7,10-11,21H,3,5H2,1-2H3. The summed E-state index contributed by atoms with van der Waals surface area (Å²) in [6.45, 7) is 3.17. The van der Waals surface area contributed by atoms with Crippen molar-refractivity contribution in [2.45, 2.75) is 38.7 Å². The minimum atomic E-state index is -5.40. The highest BCUT2D eigenvalue weighted by atomic mass is 19.4. The van der Waals surface area contributed by atoms with Gasteiger partial charge in [-0.25, -0.2) is 0 Å². The van der Waals surface area contributed by atoms with E-state index >= 15 is 0 Å². The number of nitrogens with zero attached hydrogens (tertiary/aromatic N) is 1. The Hall–Kier alpha value is -1.31. The predicted molar refractivity (Wildman–Crippen MR) is 65.6 cm³/mol. The molecule has 0 aromatic carbocycles. The van der Waals surface area contributed by atoms with Gasteiger partial charge >= 0.3 is 12.4 Å². The lowest BCUT2D eigenvalue weighted by Crippen LogP contribution is -2.46. The normalized spacial score (nSPS) is 14.5. The van der Waals surface area contributed by atoms with Crippen LogP contribution in [0.25, 0.3) is 0 Å². The Bertz CT molecular complexity index is 441. The van der Waals surface area contributed by atoms with Crippen molar-refractivity contribution in [1.29, 1.82) is 0 Å². The zero-order valence-corrected chi connectivity index (χ0v) is 11.5. The van der Waals surface area contributed by atoms with Gasteiger partial charge in [-0.1, -0.05) is 6.92 Å². The summed E-state index contributed by atoms with van der Waals surface area (Å²) < 4.78 is 77.6. The molecule has 0 spiro atoms. The van der Waals surface area contributed by atoms with Crippen molar-refractivity contribution in [3.05, 3.63) is 29.6 Å². The Balaban J connectivity index is 3.31. The summed E-state index contributed by atoms with van der Waals surface area (Å²) in [4.78, 5) is 3.65. The van der Waals surface area contributed by atoms with Crippen LogP contribution in [-0.4, -0.2) is 23.9 Å². The Labute approximate surface area is 118 Å². The van der Waals surface area contributed by atoms with Gasteiger partial charge in [0.05, 0.1) is 6.04 Å². The molecule has 0 radical (unpaired) electrons. The topological polar surface area (TPSA) is 24.9 Å². The monoisotopic (exact) mass is 314 g/mol. The molecular formula is C13H16F6N2. The van der Waals surface area contributed by atoms with Crippen LogP contribution in [0, 0.1) is 12.8 Å². The first-order valence-corrected chi connectivity index (χ1v) is 6.36. The van der Waals surface area contributed by atoms with Gasteiger partial charge < -0.3 is 5.32 Å². The number of aryl methyl sites for hydroxylation is 1. The second-order valence-electron chi connectivity index (χ2n) is 4.72. The Morgan fingerprint density at radius 1 is 1.14 bits per heavy atom. The third-order valence-electron chi connectivity index (χ3n) is 3.07. The lowest BCUT2D eigenvalue weighted by Gasteiger charge is -2.32. The molecule has 1 unspecified atom stereocenters. The number of aromatic nitrogens is 1. The number of hydrogen-bond donors (Lipinski definition) is 1. The van der Waals surface area contributed by atoms with E-state index in [4.69, 9.17) is 0 Å². The fourth-order valence-corrected chi connectivity index (χ4v) is 2.07. The van der Waals surface area contributed by atoms with Crippen LogP contribution < -0.4 is 5.32 Å². The van der Waals surface area contributed by atoms with Gasteiger partial charge in [0.1, 0.15) is 0 Å². The molecule has 1 heterocycles. The van der Waals surface area contributed by atoms with E-state index in [1.54, 1.807) is 6.92 Å². The van der Waals surface area contributed by atoms with Crippen molar-refractivity contribution in [3.63, 3.8) is 0 Å². The molecule has 1 N–H and O–H groups in total. The van der Waals surface area contributed by atoms with Gasteiger partial charge in [-0.05, 0) is 37.1 Å². The lowest BCUT2D eigenvalue weighted by molar-refractivity contribution is -0.292. The molecule has 1 rings (SSSR count). The molecule has 1 aromatic heterocycles. The molecule has 120 valence electrons. The summed E-state index contributed by atoms with van der Waals surface area (Å²) in [5.74, 6) is -3.47. The fraction of sp³-hybridized carbons (Fsp3) is 0.615. The van der Waals surface area contributed by atoms with Gasteiger partial charge in [0.25, 0.3) is 0 Å². The molecule has 2 nitrogen and oxygen atoms in total. The molecule has 1 aromatic rings. The lowest BCUT2D eigenvalue weighted by atomic mass is 9.90. The van der Waals surface area contributed by atoms with Gasteiger partial charge in [-0.15, -0.1) is 0 Å². The highest BCUT2D eigenvalue weighted by Crippen LogP contribution is 2.46. The maximum absolute atomic E-state index is 12.9. The van der Waals surface area contributed by atoms with Crippen molar-refractivity contribution in [1.82, 2.24) is 10.3 Å². The molecule has 0 amide bonds. The average Bonchev–Trinajstić information content (AvgIpc) is 2.32. The van der Waals surface area contributed by atoms with Crippen molar-refractivity contribution < 1.29 is 26.3 Å². The van der Waals surface area contributed by atoms with Crippen LogP contribution >= 0.6 is 0 Å². The number of halogens is 6. The van der Waals surface area contributed by atoms with Crippen molar-refractivity contribution >= 4 is 0 Å². The highest BCUT2D eigenvalue weighted by Gasteiger charge is 2.60. The van der Waals surface area contributed by atoms with E-state index in [-0.39, 0.29) is 12.1 Å². The number of hydrogen-bond acceptors (Lipinski definition) is 2. The zero-order chi connectivity index (χ0) is 16.3. The summed E-state index contributed by atoms with van der Waals surface area (Å²) in [5, 5.41) is 2.36. The van der Waals surface area contributed by atoms with Crippen LogP contribution in [0.2, 0.25) is 0 Å². The predicted octanol–water partition coefficient (Wildman–Crippen LogP) is 4.17. The zero-order valence-electron chi connectivity index (χ0n) is 11.5. The SMILES string of the molecule is CCCNC(c1cnccc1C)C(C(F)(F)F)C(F)(F)F. The molecule has 8 heteroatoms. The maximum atomic E-state index is 12.9. The minimum absolute atomic E-state index is 0.0433. The third-order valence-corrected chi connectivity index (χ3v) is 3.07. The first-order chi connectivity index (χ1) is 9.59. The van der Waals surface area contributed by atoms with Gasteiger partial charge in [-0.3, -0.25) is 4.98 Å². The highest BCUT2D eigenvalue weighted by molar-refractivity contribution is 5.26. The molecule has 0 saturated heterocycles. The van der Waals surface area contributed by atoms with Crippen LogP contribution in [-0.2, 0) is 0 Å². The number of pyridine rings is 1. The second-order valence-corrected chi connectivity index (χ2v) is 4.72. The number of nitrogens with one attached hydrogen (secondary N) is 1. The summed E-state index contributed by atoms with van der Waals surface area (Å²) in [7, 11) is 0. The van der Waals surface area contributed by atoms with Crippen molar-refractivity contribution in [2.75, 3.05) is 6.54 Å². The molecule has 0 aliphatic heterocycles. The Morgan fingerprint density at radius 3 is 2.14 bits per heavy atom. The number of alkyl halides is 6. The smallest absolute Gasteiger partial charge is 0.309 e. The van der Waals surface area contributed by atoms with Crippen LogP contribution in [0.5, 0.6) is 0 Å². The van der Waals surface area contributed by atoms with E-state index < -0.39 is 24.3 Å². The summed E-state index contributed by atoms with van der Waals surface area (Å²) in [6.07, 6.45) is -8.00. The van der Waals surface area contributed by atoms with Gasteiger partial charge in [-0.2, -0.15) is 26.3 Å². The molecule has 0 bridgehead atoms. The summed E-state index contributed by atoms with van der Waals surface area (Å²) >= 11 is 0. The van der Waals surface area contributed by atoms with E-state index in [1.807, 2.05) is 0 Å². The van der Waals surface area contributed by atoms with Crippen LogP contribution in [0.4, 0.5) is 26.3 Å². The van der Waals surface area contributed by atoms with Crippen LogP contribution in [0.15, 0.2) is 18.5 Å². The van der Waals surface area contributed by atoms with Crippen LogP contribution in [0.3, 0.4) is 0 Å². The molecule has 0 fully saturated rings. The summed E-state index contributed by atoms with van der Waals surface area (Å²) in [6, 6.07) is -0.515. The minimum Gasteiger partial charge on any atom is -0.309 e. The van der Waals surface area contributed by atoms with E-state index in [0.29, 0.717) is 12.0 Å². The van der Waals surface area contributed by atoms with Crippen molar-refractivity contribution in [2.24, 2.45) is 5.92 Å². The molecular weight excluding hydrogens is 298 g/mol. The average molecular weight is 314 g/mol. The quantitative estimate of drug-likeness (QED) is 0.825. The van der Waals surface area contributed by atoms with E-state index in [9.17, 15) is 26.3 Å². The molecule has 0 aliphatic rings. The van der Waals surface area contributed by atoms with E-state index in [1.165, 1.54) is 19.2 Å². The molecule has 21 heavy (non-hydrogen) atoms. The number of rotatable bonds is 5. The van der Waals surface area contributed by atoms with Crippen LogP contribution in [0.1, 0.15) is 30.5 Å². The van der Waals surface area contributed by atoms with Gasteiger partial charge in [0.15, 0.2) is 5.92 Å². The van der Waals surface area contributed by atoms with Crippen molar-refractivity contribution in [3.8, 4) is 0 Å². The van der Waals surface area contributed by atoms with Gasteiger partial charge in [0.2, 0.25) is 0 Å².